The third-order valence-corrected chi connectivity index (χ3v) is 3.30. The summed E-state index contributed by atoms with van der Waals surface area (Å²) in [5.41, 5.74) is 0.414. The maximum Gasteiger partial charge on any atom is 0.334 e. The average molecular weight is 338 g/mol. The van der Waals surface area contributed by atoms with Gasteiger partial charge >= 0.3 is 5.97 Å². The van der Waals surface area contributed by atoms with Crippen LogP contribution in [-0.2, 0) is 4.79 Å². The zero-order valence-electron chi connectivity index (χ0n) is 10.3. The van der Waals surface area contributed by atoms with Crippen LogP contribution in [0.1, 0.15) is 10.4 Å². The zero-order valence-corrected chi connectivity index (χ0v) is 11.9. The second-order valence-corrected chi connectivity index (χ2v) is 5.19. The van der Waals surface area contributed by atoms with Crippen molar-refractivity contribution < 1.29 is 19.8 Å². The normalized spacial score (nSPS) is 12.1. The number of hydrogen-bond donors (Lipinski definition) is 3. The van der Waals surface area contributed by atoms with E-state index in [0.717, 1.165) is 15.2 Å². The second-order valence-electron chi connectivity index (χ2n) is 4.27. The highest BCUT2D eigenvalue weighted by Gasteiger charge is 2.15. The molecule has 0 heterocycles. The molecule has 0 aliphatic rings. The fourth-order valence-electron chi connectivity index (χ4n) is 1.74. The molecule has 0 radical (unpaired) electrons. The number of fused-ring (bicyclic) bond motifs is 1. The number of benzene rings is 2. The number of aliphatic carboxylic acids is 1. The molecule has 0 saturated carbocycles. The van der Waals surface area contributed by atoms with E-state index in [0.29, 0.717) is 5.56 Å². The number of rotatable bonds is 4. The van der Waals surface area contributed by atoms with Crippen LogP contribution in [0.25, 0.3) is 10.8 Å². The van der Waals surface area contributed by atoms with Gasteiger partial charge in [-0.25, -0.2) is 4.79 Å². The molecule has 0 spiro atoms. The van der Waals surface area contributed by atoms with E-state index in [1.807, 2.05) is 24.3 Å². The Morgan fingerprint density at radius 3 is 2.50 bits per heavy atom. The molecular formula is C14H12BrNO4. The zero-order chi connectivity index (χ0) is 14.7. The van der Waals surface area contributed by atoms with Crippen molar-refractivity contribution >= 4 is 38.6 Å². The Hall–Kier alpha value is -1.92. The lowest BCUT2D eigenvalue weighted by Crippen LogP contribution is -2.36. The van der Waals surface area contributed by atoms with Crippen LogP contribution < -0.4 is 5.32 Å². The maximum absolute atomic E-state index is 11.9. The standard InChI is InChI=1S/C14H12BrNO4/c15-11-4-3-8-5-10(2-1-9(8)6-11)13(18)16-7-12(17)14(19)20/h1-6,12,17H,7H2,(H,16,18)(H,19,20). The highest BCUT2D eigenvalue weighted by atomic mass is 79.9. The molecule has 0 fully saturated rings. The Bertz CT molecular complexity index is 671. The first-order valence-corrected chi connectivity index (χ1v) is 6.65. The Labute approximate surface area is 123 Å². The number of amides is 1. The van der Waals surface area contributed by atoms with Crippen molar-refractivity contribution in [1.82, 2.24) is 5.32 Å². The number of aliphatic hydroxyl groups is 1. The van der Waals surface area contributed by atoms with Gasteiger partial charge < -0.3 is 15.5 Å². The summed E-state index contributed by atoms with van der Waals surface area (Å²) < 4.78 is 0.951. The van der Waals surface area contributed by atoms with Crippen LogP contribution >= 0.6 is 15.9 Å². The van der Waals surface area contributed by atoms with Crippen molar-refractivity contribution in [3.8, 4) is 0 Å². The minimum atomic E-state index is -1.60. The van der Waals surface area contributed by atoms with Crippen molar-refractivity contribution in [1.29, 1.82) is 0 Å². The fraction of sp³-hybridized carbons (Fsp3) is 0.143. The molecule has 2 rings (SSSR count). The van der Waals surface area contributed by atoms with Gasteiger partial charge in [0.1, 0.15) is 0 Å². The summed E-state index contributed by atoms with van der Waals surface area (Å²) in [5.74, 6) is -1.79. The Morgan fingerprint density at radius 1 is 1.15 bits per heavy atom. The second kappa shape index (κ2) is 6.02. The van der Waals surface area contributed by atoms with E-state index < -0.39 is 18.0 Å². The molecular weight excluding hydrogens is 326 g/mol. The molecule has 104 valence electrons. The molecule has 0 aliphatic heterocycles. The van der Waals surface area contributed by atoms with Crippen LogP contribution in [0.3, 0.4) is 0 Å². The molecule has 0 saturated heterocycles. The van der Waals surface area contributed by atoms with E-state index in [9.17, 15) is 9.59 Å². The lowest BCUT2D eigenvalue weighted by molar-refractivity contribution is -0.146. The van der Waals surface area contributed by atoms with Crippen LogP contribution in [0.15, 0.2) is 40.9 Å². The first kappa shape index (κ1) is 14.5. The topological polar surface area (TPSA) is 86.6 Å². The van der Waals surface area contributed by atoms with Crippen LogP contribution in [0, 0.1) is 0 Å². The summed E-state index contributed by atoms with van der Waals surface area (Å²) in [4.78, 5) is 22.3. The van der Waals surface area contributed by atoms with Crippen molar-refractivity contribution in [2.24, 2.45) is 0 Å². The molecule has 1 atom stereocenters. The van der Waals surface area contributed by atoms with Crippen molar-refractivity contribution in [2.45, 2.75) is 6.10 Å². The monoisotopic (exact) mass is 337 g/mol. The van der Waals surface area contributed by atoms with Crippen molar-refractivity contribution in [3.63, 3.8) is 0 Å². The molecule has 20 heavy (non-hydrogen) atoms. The highest BCUT2D eigenvalue weighted by molar-refractivity contribution is 9.10. The van der Waals surface area contributed by atoms with Crippen molar-refractivity contribution in [2.75, 3.05) is 6.54 Å². The van der Waals surface area contributed by atoms with Gasteiger partial charge in [-0.2, -0.15) is 0 Å². The van der Waals surface area contributed by atoms with Gasteiger partial charge in [0.2, 0.25) is 0 Å². The summed E-state index contributed by atoms with van der Waals surface area (Å²) in [7, 11) is 0. The minimum absolute atomic E-state index is 0.327. The molecule has 5 nitrogen and oxygen atoms in total. The van der Waals surface area contributed by atoms with E-state index >= 15 is 0 Å². The van der Waals surface area contributed by atoms with Gasteiger partial charge in [0.05, 0.1) is 6.54 Å². The lowest BCUT2D eigenvalue weighted by atomic mass is 10.1. The van der Waals surface area contributed by atoms with Crippen LogP contribution in [0.5, 0.6) is 0 Å². The predicted octanol–water partition coefficient (Wildman–Crippen LogP) is 1.78. The molecule has 2 aromatic rings. The molecule has 3 N–H and O–H groups in total. The lowest BCUT2D eigenvalue weighted by Gasteiger charge is -2.08. The van der Waals surface area contributed by atoms with Gasteiger partial charge in [0.15, 0.2) is 6.10 Å². The number of carboxylic acid groups (broad SMARTS) is 1. The number of carboxylic acids is 1. The first-order valence-electron chi connectivity index (χ1n) is 5.86. The number of halogens is 1. The number of carbonyl (C=O) groups is 2. The van der Waals surface area contributed by atoms with E-state index in [1.165, 1.54) is 0 Å². The quantitative estimate of drug-likeness (QED) is 0.793. The van der Waals surface area contributed by atoms with E-state index in [-0.39, 0.29) is 6.54 Å². The van der Waals surface area contributed by atoms with Crippen molar-refractivity contribution in [3.05, 3.63) is 46.4 Å². The number of hydrogen-bond acceptors (Lipinski definition) is 3. The van der Waals surface area contributed by atoms with Gasteiger partial charge in [-0.1, -0.05) is 28.1 Å². The number of nitrogens with one attached hydrogen (secondary N) is 1. The van der Waals surface area contributed by atoms with Crippen LogP contribution in [0.4, 0.5) is 0 Å². The highest BCUT2D eigenvalue weighted by Crippen LogP contribution is 2.20. The van der Waals surface area contributed by atoms with Gasteiger partial charge in [-0.3, -0.25) is 4.79 Å². The van der Waals surface area contributed by atoms with Gasteiger partial charge in [-0.05, 0) is 35.0 Å². The average Bonchev–Trinajstić information content (AvgIpc) is 2.43. The smallest absolute Gasteiger partial charge is 0.334 e. The molecule has 6 heteroatoms. The molecule has 0 aromatic heterocycles. The summed E-state index contributed by atoms with van der Waals surface area (Å²) in [5, 5.41) is 21.9. The summed E-state index contributed by atoms with van der Waals surface area (Å²) in [6, 6.07) is 10.9. The van der Waals surface area contributed by atoms with E-state index in [2.05, 4.69) is 21.2 Å². The molecule has 0 aliphatic carbocycles. The largest absolute Gasteiger partial charge is 0.479 e. The molecule has 1 amide bonds. The Kier molecular flexibility index (Phi) is 4.36. The van der Waals surface area contributed by atoms with Gasteiger partial charge in [-0.15, -0.1) is 0 Å². The Balaban J connectivity index is 2.14. The molecule has 2 aromatic carbocycles. The van der Waals surface area contributed by atoms with Crippen LogP contribution in [-0.4, -0.2) is 34.7 Å². The third-order valence-electron chi connectivity index (χ3n) is 2.81. The first-order chi connectivity index (χ1) is 9.47. The third kappa shape index (κ3) is 3.34. The Morgan fingerprint density at radius 2 is 1.80 bits per heavy atom. The molecule has 1 unspecified atom stereocenters. The maximum atomic E-state index is 11.9. The minimum Gasteiger partial charge on any atom is -0.479 e. The summed E-state index contributed by atoms with van der Waals surface area (Å²) in [6.07, 6.45) is -1.60. The number of aliphatic hydroxyl groups excluding tert-OH is 1. The van der Waals surface area contributed by atoms with Crippen LogP contribution in [0.2, 0.25) is 0 Å². The van der Waals surface area contributed by atoms with Gasteiger partial charge in [0, 0.05) is 10.0 Å². The summed E-state index contributed by atoms with van der Waals surface area (Å²) in [6.45, 7) is -0.327. The summed E-state index contributed by atoms with van der Waals surface area (Å²) >= 11 is 3.37. The molecule has 0 bridgehead atoms. The van der Waals surface area contributed by atoms with E-state index in [4.69, 9.17) is 10.2 Å². The SMILES string of the molecule is O=C(NCC(O)C(=O)O)c1ccc2cc(Br)ccc2c1. The number of carbonyl (C=O) groups excluding carboxylic acids is 1. The predicted molar refractivity (Wildman–Crippen MR) is 77.6 cm³/mol. The van der Waals surface area contributed by atoms with Gasteiger partial charge in [0.25, 0.3) is 5.91 Å². The van der Waals surface area contributed by atoms with E-state index in [1.54, 1.807) is 12.1 Å². The fourth-order valence-corrected chi connectivity index (χ4v) is 2.12.